The van der Waals surface area contributed by atoms with Crippen molar-refractivity contribution < 1.29 is 38.3 Å². The number of nitrogens with zero attached hydrogens (tertiary/aromatic N) is 2. The zero-order valence-electron chi connectivity index (χ0n) is 19.5. The molecule has 0 spiro atoms. The summed E-state index contributed by atoms with van der Waals surface area (Å²) >= 11 is 0. The maximum atomic E-state index is 12.1. The first-order valence-corrected chi connectivity index (χ1v) is 10.2. The fourth-order valence-electron chi connectivity index (χ4n) is 2.87. The lowest BCUT2D eigenvalue weighted by molar-refractivity contribution is -0.394. The number of benzene rings is 2. The van der Waals surface area contributed by atoms with Crippen LogP contribution >= 0.6 is 0 Å². The number of carbonyl (C=O) groups excluding carboxylic acids is 1. The van der Waals surface area contributed by atoms with Crippen LogP contribution in [0, 0.1) is 25.6 Å². The molecule has 0 heterocycles. The van der Waals surface area contributed by atoms with Crippen LogP contribution in [0.15, 0.2) is 30.3 Å². The van der Waals surface area contributed by atoms with Crippen molar-refractivity contribution in [1.82, 2.24) is 0 Å². The smallest absolute Gasteiger partial charge is 0.318 e. The molecule has 12 nitrogen and oxygen atoms in total. The molecule has 0 aliphatic heterocycles. The van der Waals surface area contributed by atoms with Crippen molar-refractivity contribution in [1.29, 1.82) is 0 Å². The number of hydrogen-bond acceptors (Lipinski definition) is 10. The van der Waals surface area contributed by atoms with Crippen molar-refractivity contribution in [2.45, 2.75) is 27.2 Å². The molecule has 0 aromatic heterocycles. The van der Waals surface area contributed by atoms with Gasteiger partial charge in [-0.05, 0) is 33.3 Å². The topological polar surface area (TPSA) is 150 Å². The van der Waals surface area contributed by atoms with Crippen molar-refractivity contribution in [3.8, 4) is 28.7 Å². The summed E-state index contributed by atoms with van der Waals surface area (Å²) in [5.41, 5.74) is -1.79. The SMILES string of the molecule is CCOC(=O)C(C)(C)CCOc1c(OC)cc(Oc2ccc([N+](=O)[O-])cc2[N+](=O)[O-])cc1OC. The van der Waals surface area contributed by atoms with E-state index in [9.17, 15) is 25.0 Å². The van der Waals surface area contributed by atoms with Gasteiger partial charge in [-0.1, -0.05) is 0 Å². The summed E-state index contributed by atoms with van der Waals surface area (Å²) in [5, 5.41) is 22.3. The Bertz CT molecular complexity index is 1040. The summed E-state index contributed by atoms with van der Waals surface area (Å²) in [7, 11) is 2.78. The number of carbonyl (C=O) groups is 1. The Hall–Kier alpha value is -4.09. The van der Waals surface area contributed by atoms with Crippen LogP contribution in [0.3, 0.4) is 0 Å². The second kappa shape index (κ2) is 11.2. The predicted octanol–water partition coefficient (Wildman–Crippen LogP) is 4.67. The lowest BCUT2D eigenvalue weighted by Gasteiger charge is -2.23. The number of methoxy groups -OCH3 is 2. The molecule has 0 saturated carbocycles. The molecule has 0 aliphatic carbocycles. The molecule has 0 amide bonds. The van der Waals surface area contributed by atoms with Crippen LogP contribution < -0.4 is 18.9 Å². The minimum Gasteiger partial charge on any atom is -0.493 e. The van der Waals surface area contributed by atoms with Gasteiger partial charge in [-0.15, -0.1) is 0 Å². The fraction of sp³-hybridized carbons (Fsp3) is 0.409. The van der Waals surface area contributed by atoms with Crippen LogP contribution in [0.1, 0.15) is 27.2 Å². The highest BCUT2D eigenvalue weighted by Crippen LogP contribution is 2.44. The number of rotatable bonds is 12. The van der Waals surface area contributed by atoms with Gasteiger partial charge in [0.1, 0.15) is 5.75 Å². The Morgan fingerprint density at radius 1 is 0.971 bits per heavy atom. The largest absolute Gasteiger partial charge is 0.493 e. The molecule has 2 aromatic carbocycles. The Balaban J connectivity index is 2.30. The van der Waals surface area contributed by atoms with Crippen LogP contribution in [0.5, 0.6) is 28.7 Å². The molecule has 0 bridgehead atoms. The highest BCUT2D eigenvalue weighted by atomic mass is 16.6. The van der Waals surface area contributed by atoms with E-state index in [1.807, 2.05) is 0 Å². The van der Waals surface area contributed by atoms with E-state index in [2.05, 4.69) is 0 Å². The van der Waals surface area contributed by atoms with Crippen molar-refractivity contribution >= 4 is 17.3 Å². The molecule has 0 unspecified atom stereocenters. The van der Waals surface area contributed by atoms with Gasteiger partial charge in [0, 0.05) is 18.2 Å². The molecular formula is C22H26N2O10. The number of non-ortho nitro benzene ring substituents is 1. The van der Waals surface area contributed by atoms with Gasteiger partial charge in [-0.2, -0.15) is 0 Å². The third-order valence-corrected chi connectivity index (χ3v) is 4.81. The molecule has 12 heteroatoms. The van der Waals surface area contributed by atoms with E-state index in [0.29, 0.717) is 6.42 Å². The van der Waals surface area contributed by atoms with Gasteiger partial charge in [0.15, 0.2) is 11.5 Å². The maximum absolute atomic E-state index is 12.1. The zero-order valence-corrected chi connectivity index (χ0v) is 19.5. The van der Waals surface area contributed by atoms with Gasteiger partial charge in [0.25, 0.3) is 5.69 Å². The molecule has 2 rings (SSSR count). The molecule has 0 atom stereocenters. The summed E-state index contributed by atoms with van der Waals surface area (Å²) in [5.74, 6) is 0.247. The average Bonchev–Trinajstić information content (AvgIpc) is 2.79. The van der Waals surface area contributed by atoms with Gasteiger partial charge < -0.3 is 23.7 Å². The molecule has 34 heavy (non-hydrogen) atoms. The highest BCUT2D eigenvalue weighted by molar-refractivity contribution is 5.75. The summed E-state index contributed by atoms with van der Waals surface area (Å²) in [4.78, 5) is 32.9. The van der Waals surface area contributed by atoms with E-state index in [1.54, 1.807) is 20.8 Å². The fourth-order valence-corrected chi connectivity index (χ4v) is 2.87. The van der Waals surface area contributed by atoms with E-state index in [-0.39, 0.29) is 47.9 Å². The molecule has 0 radical (unpaired) electrons. The lowest BCUT2D eigenvalue weighted by Crippen LogP contribution is -2.28. The van der Waals surface area contributed by atoms with E-state index >= 15 is 0 Å². The van der Waals surface area contributed by atoms with Crippen LogP contribution in [-0.4, -0.2) is 43.2 Å². The maximum Gasteiger partial charge on any atom is 0.318 e. The van der Waals surface area contributed by atoms with Gasteiger partial charge in [-0.3, -0.25) is 25.0 Å². The molecule has 0 fully saturated rings. The average molecular weight is 478 g/mol. The molecule has 0 N–H and O–H groups in total. The number of nitro benzene ring substituents is 2. The monoisotopic (exact) mass is 478 g/mol. The van der Waals surface area contributed by atoms with E-state index in [4.69, 9.17) is 23.7 Å². The number of ether oxygens (including phenoxy) is 5. The molecular weight excluding hydrogens is 452 g/mol. The van der Waals surface area contributed by atoms with Crippen molar-refractivity contribution in [3.05, 3.63) is 50.6 Å². The first kappa shape index (κ1) is 26.2. The standard InChI is InChI=1S/C22H26N2O10/c1-6-32-21(25)22(2,3)9-10-33-20-18(30-4)12-15(13-19(20)31-5)34-17-8-7-14(23(26)27)11-16(17)24(28)29/h7-8,11-13H,6,9-10H2,1-5H3. The van der Waals surface area contributed by atoms with E-state index < -0.39 is 26.6 Å². The minimum absolute atomic E-state index is 0.116. The Kier molecular flexibility index (Phi) is 8.59. The zero-order chi connectivity index (χ0) is 25.5. The molecule has 2 aromatic rings. The van der Waals surface area contributed by atoms with Gasteiger partial charge >= 0.3 is 11.7 Å². The van der Waals surface area contributed by atoms with Crippen molar-refractivity contribution in [3.63, 3.8) is 0 Å². The van der Waals surface area contributed by atoms with Gasteiger partial charge in [0.2, 0.25) is 11.5 Å². The molecule has 184 valence electrons. The predicted molar refractivity (Wildman–Crippen MR) is 120 cm³/mol. The van der Waals surface area contributed by atoms with Crippen LogP contribution in [0.2, 0.25) is 0 Å². The Morgan fingerprint density at radius 2 is 1.59 bits per heavy atom. The van der Waals surface area contributed by atoms with Crippen LogP contribution in [-0.2, 0) is 9.53 Å². The van der Waals surface area contributed by atoms with Crippen molar-refractivity contribution in [2.24, 2.45) is 5.41 Å². The quantitative estimate of drug-likeness (QED) is 0.239. The van der Waals surface area contributed by atoms with Crippen molar-refractivity contribution in [2.75, 3.05) is 27.4 Å². The first-order chi connectivity index (χ1) is 16.0. The number of nitro groups is 2. The number of esters is 1. The van der Waals surface area contributed by atoms with Crippen LogP contribution in [0.25, 0.3) is 0 Å². The summed E-state index contributed by atoms with van der Waals surface area (Å²) in [6.45, 7) is 5.65. The second-order valence-electron chi connectivity index (χ2n) is 7.63. The highest BCUT2D eigenvalue weighted by Gasteiger charge is 2.29. The minimum atomic E-state index is -0.778. The second-order valence-corrected chi connectivity index (χ2v) is 7.63. The third-order valence-electron chi connectivity index (χ3n) is 4.81. The summed E-state index contributed by atoms with van der Waals surface area (Å²) < 4.78 is 27.2. The van der Waals surface area contributed by atoms with Gasteiger partial charge in [0.05, 0.1) is 48.8 Å². The van der Waals surface area contributed by atoms with E-state index in [0.717, 1.165) is 18.2 Å². The van der Waals surface area contributed by atoms with Gasteiger partial charge in [-0.25, -0.2) is 0 Å². The summed E-state index contributed by atoms with van der Waals surface area (Å²) in [6.07, 6.45) is 0.353. The molecule has 0 saturated heterocycles. The molecule has 0 aliphatic rings. The Labute approximate surface area is 195 Å². The first-order valence-electron chi connectivity index (χ1n) is 10.2. The Morgan fingerprint density at radius 3 is 2.09 bits per heavy atom. The van der Waals surface area contributed by atoms with E-state index in [1.165, 1.54) is 26.4 Å². The lowest BCUT2D eigenvalue weighted by atomic mass is 9.90. The number of hydrogen-bond donors (Lipinski definition) is 0. The third kappa shape index (κ3) is 6.24. The van der Waals surface area contributed by atoms with Crippen LogP contribution in [0.4, 0.5) is 11.4 Å². The summed E-state index contributed by atoms with van der Waals surface area (Å²) in [6, 6.07) is 5.90. The normalized spacial score (nSPS) is 10.9.